The summed E-state index contributed by atoms with van der Waals surface area (Å²) in [5.41, 5.74) is 0.274. The molecule has 8 heteroatoms. The third-order valence-corrected chi connectivity index (χ3v) is 5.66. The van der Waals surface area contributed by atoms with Crippen LogP contribution in [0.25, 0.3) is 0 Å². The van der Waals surface area contributed by atoms with Gasteiger partial charge < -0.3 is 10.1 Å². The molecule has 1 aromatic rings. The zero-order valence-corrected chi connectivity index (χ0v) is 14.5. The first-order valence-corrected chi connectivity index (χ1v) is 9.37. The number of carbonyl (C=O) groups excluding carboxylic acids is 2. The Hall–Kier alpha value is -1.93. The largest absolute Gasteiger partial charge is 0.460 e. The highest BCUT2D eigenvalue weighted by Crippen LogP contribution is 2.21. The fourth-order valence-corrected chi connectivity index (χ4v) is 3.99. The van der Waals surface area contributed by atoms with Crippen LogP contribution in [-0.2, 0) is 19.6 Å². The van der Waals surface area contributed by atoms with Crippen LogP contribution in [0.1, 0.15) is 36.5 Å². The summed E-state index contributed by atoms with van der Waals surface area (Å²) in [6.07, 6.45) is 2.80. The lowest BCUT2D eigenvalue weighted by Gasteiger charge is -2.25. The number of nitrogens with one attached hydrogen (secondary N) is 1. The molecule has 0 aliphatic carbocycles. The Morgan fingerprint density at radius 1 is 1.12 bits per heavy atom. The van der Waals surface area contributed by atoms with E-state index < -0.39 is 16.0 Å². The number of ether oxygens (including phenoxy) is 1. The molecule has 1 aliphatic rings. The minimum absolute atomic E-state index is 0.0617. The summed E-state index contributed by atoms with van der Waals surface area (Å²) >= 11 is 0. The van der Waals surface area contributed by atoms with E-state index in [1.165, 1.54) is 35.5 Å². The lowest BCUT2D eigenvalue weighted by molar-refractivity contribution is -0.119. The van der Waals surface area contributed by atoms with Gasteiger partial charge in [-0.25, -0.2) is 13.2 Å². The van der Waals surface area contributed by atoms with Crippen molar-refractivity contribution >= 4 is 21.9 Å². The lowest BCUT2D eigenvalue weighted by atomic mass is 10.2. The molecular formula is C16H22N2O5S. The third-order valence-electron chi connectivity index (χ3n) is 3.75. The number of sulfonamides is 1. The van der Waals surface area contributed by atoms with Crippen molar-refractivity contribution in [1.29, 1.82) is 0 Å². The van der Waals surface area contributed by atoms with E-state index in [0.29, 0.717) is 13.1 Å². The van der Waals surface area contributed by atoms with Crippen molar-refractivity contribution in [3.63, 3.8) is 0 Å². The molecule has 1 aliphatic heterocycles. The van der Waals surface area contributed by atoms with Gasteiger partial charge in [0.05, 0.1) is 17.0 Å². The number of hydrogen-bond donors (Lipinski definition) is 1. The van der Waals surface area contributed by atoms with E-state index >= 15 is 0 Å². The van der Waals surface area contributed by atoms with E-state index in [4.69, 9.17) is 4.74 Å². The molecule has 0 spiro atoms. The van der Waals surface area contributed by atoms with Gasteiger partial charge in [-0.1, -0.05) is 6.42 Å². The predicted octanol–water partition coefficient (Wildman–Crippen LogP) is 1.15. The average Bonchev–Trinajstić information content (AvgIpc) is 2.59. The second kappa shape index (κ2) is 8.25. The molecule has 2 rings (SSSR count). The highest BCUT2D eigenvalue weighted by Gasteiger charge is 2.25. The molecule has 7 nitrogen and oxygen atoms in total. The van der Waals surface area contributed by atoms with Crippen LogP contribution >= 0.6 is 0 Å². The summed E-state index contributed by atoms with van der Waals surface area (Å²) in [6.45, 7) is 2.75. The van der Waals surface area contributed by atoms with Gasteiger partial charge in [-0.3, -0.25) is 4.79 Å². The van der Waals surface area contributed by atoms with Crippen molar-refractivity contribution in [3.8, 4) is 0 Å². The molecule has 24 heavy (non-hydrogen) atoms. The fraction of sp³-hybridized carbons (Fsp3) is 0.500. The van der Waals surface area contributed by atoms with Crippen LogP contribution in [0.3, 0.4) is 0 Å². The summed E-state index contributed by atoms with van der Waals surface area (Å²) in [4.78, 5) is 22.7. The summed E-state index contributed by atoms with van der Waals surface area (Å²) in [6, 6.07) is 5.73. The van der Waals surface area contributed by atoms with E-state index in [1.54, 1.807) is 0 Å². The van der Waals surface area contributed by atoms with E-state index in [0.717, 1.165) is 19.3 Å². The van der Waals surface area contributed by atoms with Gasteiger partial charge in [0, 0.05) is 20.0 Å². The van der Waals surface area contributed by atoms with Crippen molar-refractivity contribution in [1.82, 2.24) is 9.62 Å². The summed E-state index contributed by atoms with van der Waals surface area (Å²) in [5.74, 6) is -0.749. The van der Waals surface area contributed by atoms with Gasteiger partial charge in [0.1, 0.15) is 6.61 Å². The monoisotopic (exact) mass is 354 g/mol. The van der Waals surface area contributed by atoms with Gasteiger partial charge in [0.25, 0.3) is 0 Å². The van der Waals surface area contributed by atoms with Crippen molar-refractivity contribution in [2.45, 2.75) is 31.1 Å². The molecule has 1 heterocycles. The first-order valence-electron chi connectivity index (χ1n) is 7.93. The molecule has 0 atom stereocenters. The zero-order chi connectivity index (χ0) is 17.6. The molecule has 0 saturated carbocycles. The summed E-state index contributed by atoms with van der Waals surface area (Å²) in [7, 11) is -3.50. The van der Waals surface area contributed by atoms with E-state index in [2.05, 4.69) is 5.32 Å². The molecule has 132 valence electrons. The van der Waals surface area contributed by atoms with Crippen molar-refractivity contribution in [2.75, 3.05) is 26.2 Å². The van der Waals surface area contributed by atoms with Gasteiger partial charge >= 0.3 is 5.97 Å². The molecule has 1 amide bonds. The number of rotatable bonds is 6. The molecule has 1 fully saturated rings. The fourth-order valence-electron chi connectivity index (χ4n) is 2.47. The van der Waals surface area contributed by atoms with Crippen LogP contribution in [0.2, 0.25) is 0 Å². The van der Waals surface area contributed by atoms with E-state index in [-0.39, 0.29) is 29.5 Å². The van der Waals surface area contributed by atoms with E-state index in [1.807, 2.05) is 0 Å². The maximum atomic E-state index is 12.5. The quantitative estimate of drug-likeness (QED) is 0.611. The first kappa shape index (κ1) is 18.4. The van der Waals surface area contributed by atoms with Gasteiger partial charge in [-0.05, 0) is 37.1 Å². The second-order valence-corrected chi connectivity index (χ2v) is 7.55. The molecule has 1 N–H and O–H groups in total. The number of nitrogens with zero attached hydrogens (tertiary/aromatic N) is 1. The van der Waals surface area contributed by atoms with Crippen LogP contribution < -0.4 is 5.32 Å². The van der Waals surface area contributed by atoms with Crippen molar-refractivity contribution in [3.05, 3.63) is 29.8 Å². The maximum Gasteiger partial charge on any atom is 0.338 e. The predicted molar refractivity (Wildman–Crippen MR) is 88.0 cm³/mol. The number of esters is 1. The molecule has 1 aromatic carbocycles. The first-order chi connectivity index (χ1) is 11.4. The molecular weight excluding hydrogens is 332 g/mol. The van der Waals surface area contributed by atoms with E-state index in [9.17, 15) is 18.0 Å². The second-order valence-electron chi connectivity index (χ2n) is 5.61. The lowest BCUT2D eigenvalue weighted by Crippen LogP contribution is -2.35. The van der Waals surface area contributed by atoms with Crippen LogP contribution in [0.15, 0.2) is 29.2 Å². The summed E-state index contributed by atoms with van der Waals surface area (Å²) < 4.78 is 31.5. The van der Waals surface area contributed by atoms with Gasteiger partial charge in [-0.2, -0.15) is 4.31 Å². The van der Waals surface area contributed by atoms with Crippen molar-refractivity contribution in [2.24, 2.45) is 0 Å². The Kier molecular flexibility index (Phi) is 6.33. The number of hydrogen-bond acceptors (Lipinski definition) is 5. The summed E-state index contributed by atoms with van der Waals surface area (Å²) in [5, 5.41) is 2.52. The zero-order valence-electron chi connectivity index (χ0n) is 13.7. The van der Waals surface area contributed by atoms with Gasteiger partial charge in [0.2, 0.25) is 15.9 Å². The molecule has 0 aromatic heterocycles. The normalized spacial score (nSPS) is 15.7. The highest BCUT2D eigenvalue weighted by atomic mass is 32.2. The van der Waals surface area contributed by atoms with Crippen molar-refractivity contribution < 1.29 is 22.7 Å². The average molecular weight is 354 g/mol. The Labute approximate surface area is 142 Å². The SMILES string of the molecule is CC(=O)NCCOC(=O)c1ccc(S(=O)(=O)N2CCCCC2)cc1. The molecule has 0 bridgehead atoms. The Bertz CT molecular complexity index is 679. The Balaban J connectivity index is 1.96. The Morgan fingerprint density at radius 2 is 1.75 bits per heavy atom. The van der Waals surface area contributed by atoms with Crippen LogP contribution in [-0.4, -0.2) is 50.8 Å². The van der Waals surface area contributed by atoms with Gasteiger partial charge in [-0.15, -0.1) is 0 Å². The van der Waals surface area contributed by atoms with Crippen LogP contribution in [0, 0.1) is 0 Å². The number of piperidine rings is 1. The number of benzene rings is 1. The number of amides is 1. The number of carbonyl (C=O) groups is 2. The third kappa shape index (κ3) is 4.78. The highest BCUT2D eigenvalue weighted by molar-refractivity contribution is 7.89. The molecule has 1 saturated heterocycles. The smallest absolute Gasteiger partial charge is 0.338 e. The minimum Gasteiger partial charge on any atom is -0.460 e. The van der Waals surface area contributed by atoms with Crippen LogP contribution in [0.4, 0.5) is 0 Å². The topological polar surface area (TPSA) is 92.8 Å². The molecule has 0 unspecified atom stereocenters. The Morgan fingerprint density at radius 3 is 2.33 bits per heavy atom. The van der Waals surface area contributed by atoms with Crippen LogP contribution in [0.5, 0.6) is 0 Å². The van der Waals surface area contributed by atoms with Gasteiger partial charge in [0.15, 0.2) is 0 Å². The molecule has 0 radical (unpaired) electrons. The maximum absolute atomic E-state index is 12.5. The minimum atomic E-state index is -3.50. The standard InChI is InChI=1S/C16H22N2O5S/c1-13(19)17-9-12-23-16(20)14-5-7-15(8-6-14)24(21,22)18-10-3-2-4-11-18/h5-8H,2-4,9-12H2,1H3,(H,17,19).